The summed E-state index contributed by atoms with van der Waals surface area (Å²) in [6.07, 6.45) is 0.0439. The third-order valence-electron chi connectivity index (χ3n) is 4.08. The van der Waals surface area contributed by atoms with Gasteiger partial charge in [-0.15, -0.1) is 0 Å². The van der Waals surface area contributed by atoms with E-state index >= 15 is 0 Å². The minimum absolute atomic E-state index is 0.0439. The van der Waals surface area contributed by atoms with Crippen molar-refractivity contribution in [3.8, 4) is 0 Å². The lowest BCUT2D eigenvalue weighted by molar-refractivity contribution is -0.152. The standard InChI is InChI=1S/C22H24N2O5/c1-15(2)20(24-21(27)17-11-7-4-8-12-17)22(28)29-14-19(26)23-18(25)13-16-9-5-3-6-10-16/h3-12,15,20H,13-14H2,1-2H3,(H,24,27)(H,23,25,26)/t20-/m1/s1. The molecule has 0 aromatic heterocycles. The van der Waals surface area contributed by atoms with Crippen LogP contribution < -0.4 is 10.6 Å². The lowest BCUT2D eigenvalue weighted by Crippen LogP contribution is -2.46. The van der Waals surface area contributed by atoms with Gasteiger partial charge in [0.2, 0.25) is 5.91 Å². The van der Waals surface area contributed by atoms with Gasteiger partial charge in [-0.1, -0.05) is 62.4 Å². The number of benzene rings is 2. The van der Waals surface area contributed by atoms with Crippen LogP contribution in [0.5, 0.6) is 0 Å². The molecule has 7 nitrogen and oxygen atoms in total. The summed E-state index contributed by atoms with van der Waals surface area (Å²) in [7, 11) is 0. The average molecular weight is 396 g/mol. The summed E-state index contributed by atoms with van der Waals surface area (Å²) in [4.78, 5) is 48.4. The molecule has 0 aliphatic heterocycles. The molecular weight excluding hydrogens is 372 g/mol. The zero-order valence-corrected chi connectivity index (χ0v) is 16.4. The van der Waals surface area contributed by atoms with E-state index in [0.29, 0.717) is 5.56 Å². The molecule has 0 saturated heterocycles. The number of hydrogen-bond donors (Lipinski definition) is 2. The van der Waals surface area contributed by atoms with Crippen LogP contribution in [0.2, 0.25) is 0 Å². The minimum atomic E-state index is -0.921. The summed E-state index contributed by atoms with van der Waals surface area (Å²) < 4.78 is 5.00. The van der Waals surface area contributed by atoms with E-state index in [0.717, 1.165) is 5.56 Å². The Bertz CT molecular complexity index is 850. The van der Waals surface area contributed by atoms with Crippen LogP contribution in [0.15, 0.2) is 60.7 Å². The van der Waals surface area contributed by atoms with Crippen molar-refractivity contribution in [2.75, 3.05) is 6.61 Å². The van der Waals surface area contributed by atoms with E-state index in [4.69, 9.17) is 4.74 Å². The van der Waals surface area contributed by atoms with Crippen molar-refractivity contribution in [1.82, 2.24) is 10.6 Å². The normalized spacial score (nSPS) is 11.4. The molecular formula is C22H24N2O5. The highest BCUT2D eigenvalue weighted by molar-refractivity contribution is 5.98. The number of carbonyl (C=O) groups is 4. The van der Waals surface area contributed by atoms with E-state index in [9.17, 15) is 19.2 Å². The topological polar surface area (TPSA) is 102 Å². The lowest BCUT2D eigenvalue weighted by Gasteiger charge is -2.20. The average Bonchev–Trinajstić information content (AvgIpc) is 2.71. The smallest absolute Gasteiger partial charge is 0.329 e. The Balaban J connectivity index is 1.83. The SMILES string of the molecule is CC(C)[C@@H](NC(=O)c1ccccc1)C(=O)OCC(=O)NC(=O)Cc1ccccc1. The minimum Gasteiger partial charge on any atom is -0.454 e. The van der Waals surface area contributed by atoms with Crippen molar-refractivity contribution >= 4 is 23.7 Å². The van der Waals surface area contributed by atoms with Gasteiger partial charge in [0.1, 0.15) is 6.04 Å². The number of carbonyl (C=O) groups excluding carboxylic acids is 4. The van der Waals surface area contributed by atoms with Crippen LogP contribution in [0.3, 0.4) is 0 Å². The van der Waals surface area contributed by atoms with Crippen LogP contribution >= 0.6 is 0 Å². The molecule has 0 aliphatic carbocycles. The Kier molecular flexibility index (Phi) is 8.09. The molecule has 29 heavy (non-hydrogen) atoms. The Hall–Kier alpha value is -3.48. The molecule has 2 aromatic carbocycles. The molecule has 152 valence electrons. The Morgan fingerprint density at radius 3 is 2.03 bits per heavy atom. The highest BCUT2D eigenvalue weighted by atomic mass is 16.5. The number of ether oxygens (including phenoxy) is 1. The second-order valence-corrected chi connectivity index (χ2v) is 6.80. The first kappa shape index (κ1) is 21.8. The van der Waals surface area contributed by atoms with Gasteiger partial charge in [-0.05, 0) is 23.6 Å². The molecule has 2 N–H and O–H groups in total. The Morgan fingerprint density at radius 1 is 0.862 bits per heavy atom. The molecule has 0 aliphatic rings. The van der Waals surface area contributed by atoms with E-state index in [1.807, 2.05) is 6.07 Å². The summed E-state index contributed by atoms with van der Waals surface area (Å²) in [5, 5.41) is 4.79. The number of nitrogens with one attached hydrogen (secondary N) is 2. The van der Waals surface area contributed by atoms with Crippen molar-refractivity contribution in [3.05, 3.63) is 71.8 Å². The van der Waals surface area contributed by atoms with Gasteiger partial charge < -0.3 is 10.1 Å². The third kappa shape index (κ3) is 7.21. The quantitative estimate of drug-likeness (QED) is 0.664. The van der Waals surface area contributed by atoms with Crippen LogP contribution in [-0.2, 0) is 25.5 Å². The number of esters is 1. The fourth-order valence-electron chi connectivity index (χ4n) is 2.56. The maximum absolute atomic E-state index is 12.3. The molecule has 1 atom stereocenters. The van der Waals surface area contributed by atoms with Crippen molar-refractivity contribution in [1.29, 1.82) is 0 Å². The van der Waals surface area contributed by atoms with Crippen molar-refractivity contribution < 1.29 is 23.9 Å². The highest BCUT2D eigenvalue weighted by Gasteiger charge is 2.27. The van der Waals surface area contributed by atoms with Gasteiger partial charge in [0.05, 0.1) is 6.42 Å². The number of rotatable bonds is 8. The van der Waals surface area contributed by atoms with Crippen LogP contribution in [0.1, 0.15) is 29.8 Å². The van der Waals surface area contributed by atoms with E-state index in [-0.39, 0.29) is 12.3 Å². The Labute approximate surface area is 169 Å². The fourth-order valence-corrected chi connectivity index (χ4v) is 2.56. The van der Waals surface area contributed by atoms with Gasteiger partial charge in [-0.2, -0.15) is 0 Å². The van der Waals surface area contributed by atoms with E-state index in [1.54, 1.807) is 68.4 Å². The summed E-state index contributed by atoms with van der Waals surface area (Å²) >= 11 is 0. The molecule has 0 heterocycles. The monoisotopic (exact) mass is 396 g/mol. The largest absolute Gasteiger partial charge is 0.454 e. The number of hydrogen-bond acceptors (Lipinski definition) is 5. The first-order valence-corrected chi connectivity index (χ1v) is 9.26. The molecule has 0 unspecified atom stereocenters. The third-order valence-corrected chi connectivity index (χ3v) is 4.08. The summed E-state index contributed by atoms with van der Waals surface area (Å²) in [5.74, 6) is -2.62. The summed E-state index contributed by atoms with van der Waals surface area (Å²) in [6, 6.07) is 16.5. The van der Waals surface area contributed by atoms with Gasteiger partial charge in [-0.3, -0.25) is 19.7 Å². The van der Waals surface area contributed by atoms with Gasteiger partial charge in [-0.25, -0.2) is 4.79 Å². The van der Waals surface area contributed by atoms with Gasteiger partial charge in [0.25, 0.3) is 11.8 Å². The van der Waals surface area contributed by atoms with Crippen LogP contribution in [-0.4, -0.2) is 36.3 Å². The maximum Gasteiger partial charge on any atom is 0.329 e. The number of imide groups is 1. The molecule has 0 saturated carbocycles. The molecule has 2 rings (SSSR count). The second-order valence-electron chi connectivity index (χ2n) is 6.80. The highest BCUT2D eigenvalue weighted by Crippen LogP contribution is 2.07. The van der Waals surface area contributed by atoms with Crippen molar-refractivity contribution in [2.24, 2.45) is 5.92 Å². The molecule has 0 fully saturated rings. The molecule has 7 heteroatoms. The maximum atomic E-state index is 12.3. The van der Waals surface area contributed by atoms with E-state index < -0.39 is 36.3 Å². The zero-order chi connectivity index (χ0) is 21.2. The molecule has 3 amide bonds. The molecule has 0 radical (unpaired) electrons. The van der Waals surface area contributed by atoms with Crippen LogP contribution in [0.4, 0.5) is 0 Å². The molecule has 2 aromatic rings. The van der Waals surface area contributed by atoms with Gasteiger partial charge >= 0.3 is 5.97 Å². The van der Waals surface area contributed by atoms with Crippen molar-refractivity contribution in [2.45, 2.75) is 26.3 Å². The summed E-state index contributed by atoms with van der Waals surface area (Å²) in [5.41, 5.74) is 1.17. The first-order chi connectivity index (χ1) is 13.9. The molecule has 0 spiro atoms. The van der Waals surface area contributed by atoms with Gasteiger partial charge in [0.15, 0.2) is 6.61 Å². The van der Waals surface area contributed by atoms with Crippen molar-refractivity contribution in [3.63, 3.8) is 0 Å². The van der Waals surface area contributed by atoms with Crippen LogP contribution in [0, 0.1) is 5.92 Å². The zero-order valence-electron chi connectivity index (χ0n) is 16.4. The van der Waals surface area contributed by atoms with Gasteiger partial charge in [0, 0.05) is 5.56 Å². The predicted octanol–water partition coefficient (Wildman–Crippen LogP) is 1.87. The van der Waals surface area contributed by atoms with E-state index in [1.165, 1.54) is 0 Å². The predicted molar refractivity (Wildman–Crippen MR) is 107 cm³/mol. The summed E-state index contributed by atoms with van der Waals surface area (Å²) in [6.45, 7) is 2.89. The Morgan fingerprint density at radius 2 is 1.45 bits per heavy atom. The number of amides is 3. The molecule has 0 bridgehead atoms. The van der Waals surface area contributed by atoms with E-state index in [2.05, 4.69) is 10.6 Å². The fraction of sp³-hybridized carbons (Fsp3) is 0.273. The first-order valence-electron chi connectivity index (χ1n) is 9.26. The lowest BCUT2D eigenvalue weighted by atomic mass is 10.0. The second kappa shape index (κ2) is 10.8. The van der Waals surface area contributed by atoms with Crippen LogP contribution in [0.25, 0.3) is 0 Å².